The minimum absolute atomic E-state index is 0. The van der Waals surface area contributed by atoms with Crippen LogP contribution in [-0.4, -0.2) is 48.6 Å². The molecule has 4 nitrogen and oxygen atoms in total. The summed E-state index contributed by atoms with van der Waals surface area (Å²) in [4.78, 5) is 14.7. The van der Waals surface area contributed by atoms with Gasteiger partial charge in [-0.05, 0) is 45.1 Å². The topological polar surface area (TPSA) is 44.4 Å². The molecule has 3 aliphatic rings. The summed E-state index contributed by atoms with van der Waals surface area (Å²) in [6.45, 7) is 3.35. The molecule has 0 radical (unpaired) electrons. The maximum absolute atomic E-state index is 12.1. The Morgan fingerprint density at radius 2 is 1.70 bits per heavy atom. The van der Waals surface area contributed by atoms with Crippen LogP contribution in [0.4, 0.5) is 0 Å². The van der Waals surface area contributed by atoms with Crippen molar-refractivity contribution in [2.24, 2.45) is 0 Å². The first-order chi connectivity index (χ1) is 8.83. The lowest BCUT2D eigenvalue weighted by Crippen LogP contribution is -2.52. The fourth-order valence-electron chi connectivity index (χ4n) is 3.23. The number of nitrogens with zero attached hydrogens (tertiary/aromatic N) is 1. The van der Waals surface area contributed by atoms with Crippen LogP contribution in [0.5, 0.6) is 0 Å². The van der Waals surface area contributed by atoms with Crippen LogP contribution in [0.25, 0.3) is 0 Å². The molecule has 2 saturated heterocycles. The van der Waals surface area contributed by atoms with Crippen molar-refractivity contribution in [3.8, 4) is 0 Å². The van der Waals surface area contributed by atoms with E-state index < -0.39 is 0 Å². The number of piperidine rings is 2. The maximum Gasteiger partial charge on any atom is 0.237 e. The molecule has 6 heteroatoms. The van der Waals surface area contributed by atoms with Crippen molar-refractivity contribution >= 4 is 30.7 Å². The Labute approximate surface area is 134 Å². The van der Waals surface area contributed by atoms with Crippen LogP contribution in [-0.2, 0) is 4.79 Å². The number of hydrogen-bond acceptors (Lipinski definition) is 3. The zero-order valence-corrected chi connectivity index (χ0v) is 13.6. The highest BCUT2D eigenvalue weighted by atomic mass is 35.5. The Balaban J connectivity index is 0.000001000. The molecule has 2 N–H and O–H groups in total. The molecule has 0 spiro atoms. The van der Waals surface area contributed by atoms with Gasteiger partial charge >= 0.3 is 0 Å². The minimum Gasteiger partial charge on any atom is -0.352 e. The molecule has 0 aromatic rings. The summed E-state index contributed by atoms with van der Waals surface area (Å²) < 4.78 is 0. The number of nitrogens with one attached hydrogen (secondary N) is 2. The minimum atomic E-state index is 0. The molecule has 118 valence electrons. The van der Waals surface area contributed by atoms with Gasteiger partial charge in [0.2, 0.25) is 5.91 Å². The molecule has 3 rings (SSSR count). The zero-order chi connectivity index (χ0) is 12.4. The number of amides is 1. The summed E-state index contributed by atoms with van der Waals surface area (Å²) in [6.07, 6.45) is 8.46. The molecule has 1 amide bonds. The maximum atomic E-state index is 12.1. The Bertz CT molecular complexity index is 299. The molecule has 0 unspecified atom stereocenters. The number of carbonyl (C=O) groups excluding carboxylic acids is 1. The first-order valence-corrected chi connectivity index (χ1v) is 7.61. The zero-order valence-electron chi connectivity index (χ0n) is 12.0. The lowest BCUT2D eigenvalue weighted by atomic mass is 10.0. The third-order valence-corrected chi connectivity index (χ3v) is 4.57. The second-order valence-electron chi connectivity index (χ2n) is 6.05. The molecule has 0 aromatic heterocycles. The van der Waals surface area contributed by atoms with Crippen LogP contribution < -0.4 is 10.6 Å². The van der Waals surface area contributed by atoms with E-state index in [0.717, 1.165) is 31.8 Å². The van der Waals surface area contributed by atoms with Gasteiger partial charge in [-0.3, -0.25) is 4.79 Å². The molecule has 2 heterocycles. The van der Waals surface area contributed by atoms with Crippen molar-refractivity contribution in [3.63, 3.8) is 0 Å². The number of halogens is 2. The van der Waals surface area contributed by atoms with Crippen LogP contribution in [0.1, 0.15) is 44.9 Å². The Morgan fingerprint density at radius 1 is 1.00 bits per heavy atom. The smallest absolute Gasteiger partial charge is 0.237 e. The van der Waals surface area contributed by atoms with E-state index in [1.165, 1.54) is 38.8 Å². The van der Waals surface area contributed by atoms with Gasteiger partial charge in [0.15, 0.2) is 0 Å². The second-order valence-corrected chi connectivity index (χ2v) is 6.05. The van der Waals surface area contributed by atoms with Crippen molar-refractivity contribution in [1.29, 1.82) is 0 Å². The van der Waals surface area contributed by atoms with Gasteiger partial charge in [0.25, 0.3) is 0 Å². The Kier molecular flexibility index (Phi) is 7.59. The summed E-state index contributed by atoms with van der Waals surface area (Å²) in [5.74, 6) is 0.236. The van der Waals surface area contributed by atoms with Gasteiger partial charge in [-0.1, -0.05) is 6.42 Å². The van der Waals surface area contributed by atoms with E-state index in [1.54, 1.807) is 0 Å². The van der Waals surface area contributed by atoms with E-state index in [-0.39, 0.29) is 36.8 Å². The summed E-state index contributed by atoms with van der Waals surface area (Å²) in [5, 5.41) is 6.56. The largest absolute Gasteiger partial charge is 0.352 e. The van der Waals surface area contributed by atoms with E-state index in [9.17, 15) is 4.79 Å². The SMILES string of the molecule is Cl.Cl.O=C(NC1CCN(C2CC2)CC1)[C@@H]1CCCCN1. The van der Waals surface area contributed by atoms with Crippen molar-refractivity contribution in [2.45, 2.75) is 63.1 Å². The van der Waals surface area contributed by atoms with E-state index in [0.29, 0.717) is 6.04 Å². The van der Waals surface area contributed by atoms with Gasteiger partial charge in [-0.2, -0.15) is 0 Å². The monoisotopic (exact) mass is 323 g/mol. The Morgan fingerprint density at radius 3 is 2.25 bits per heavy atom. The predicted molar refractivity (Wildman–Crippen MR) is 85.9 cm³/mol. The van der Waals surface area contributed by atoms with Gasteiger partial charge in [-0.15, -0.1) is 24.8 Å². The third kappa shape index (κ3) is 4.76. The fourth-order valence-corrected chi connectivity index (χ4v) is 3.23. The van der Waals surface area contributed by atoms with E-state index in [2.05, 4.69) is 15.5 Å². The van der Waals surface area contributed by atoms with Crippen molar-refractivity contribution in [2.75, 3.05) is 19.6 Å². The van der Waals surface area contributed by atoms with Crippen LogP contribution >= 0.6 is 24.8 Å². The van der Waals surface area contributed by atoms with Crippen LogP contribution in [0.15, 0.2) is 0 Å². The summed E-state index contributed by atoms with van der Waals surface area (Å²) in [6, 6.07) is 1.36. The highest BCUT2D eigenvalue weighted by Crippen LogP contribution is 2.29. The Hall–Kier alpha value is -0.0300. The fraction of sp³-hybridized carbons (Fsp3) is 0.929. The van der Waals surface area contributed by atoms with Crippen molar-refractivity contribution < 1.29 is 4.79 Å². The lowest BCUT2D eigenvalue weighted by molar-refractivity contribution is -0.124. The van der Waals surface area contributed by atoms with E-state index in [4.69, 9.17) is 0 Å². The number of hydrogen-bond donors (Lipinski definition) is 2. The molecule has 1 saturated carbocycles. The average Bonchev–Trinajstić information content (AvgIpc) is 3.25. The van der Waals surface area contributed by atoms with Crippen molar-refractivity contribution in [1.82, 2.24) is 15.5 Å². The second kappa shape index (κ2) is 8.42. The van der Waals surface area contributed by atoms with Gasteiger partial charge in [0.1, 0.15) is 0 Å². The lowest BCUT2D eigenvalue weighted by Gasteiger charge is -2.33. The van der Waals surface area contributed by atoms with Crippen LogP contribution in [0.2, 0.25) is 0 Å². The molecular formula is C14H27Cl2N3O. The van der Waals surface area contributed by atoms with Gasteiger partial charge < -0.3 is 15.5 Å². The number of rotatable bonds is 3. The van der Waals surface area contributed by atoms with Crippen LogP contribution in [0.3, 0.4) is 0 Å². The first-order valence-electron chi connectivity index (χ1n) is 7.61. The molecule has 0 aromatic carbocycles. The summed E-state index contributed by atoms with van der Waals surface area (Å²) >= 11 is 0. The van der Waals surface area contributed by atoms with Crippen molar-refractivity contribution in [3.05, 3.63) is 0 Å². The van der Waals surface area contributed by atoms with E-state index in [1.807, 2.05) is 0 Å². The third-order valence-electron chi connectivity index (χ3n) is 4.57. The standard InChI is InChI=1S/C14H25N3O.2ClH/c18-14(13-3-1-2-8-15-13)16-11-6-9-17(10-7-11)12-4-5-12;;/h11-13,15H,1-10H2,(H,16,18);2*1H/t13-;;/m0../s1. The molecule has 2 aliphatic heterocycles. The highest BCUT2D eigenvalue weighted by molar-refractivity contribution is 5.85. The van der Waals surface area contributed by atoms with Crippen LogP contribution in [0, 0.1) is 0 Å². The highest BCUT2D eigenvalue weighted by Gasteiger charge is 2.32. The first kappa shape index (κ1) is 18.0. The molecule has 1 atom stereocenters. The molecule has 1 aliphatic carbocycles. The molecule has 0 bridgehead atoms. The van der Waals surface area contributed by atoms with Gasteiger partial charge in [0.05, 0.1) is 6.04 Å². The number of carbonyl (C=O) groups is 1. The molecular weight excluding hydrogens is 297 g/mol. The van der Waals surface area contributed by atoms with Gasteiger partial charge in [0, 0.05) is 25.2 Å². The predicted octanol–water partition coefficient (Wildman–Crippen LogP) is 1.72. The van der Waals surface area contributed by atoms with Gasteiger partial charge in [-0.25, -0.2) is 0 Å². The molecule has 20 heavy (non-hydrogen) atoms. The molecule has 3 fully saturated rings. The van der Waals surface area contributed by atoms with E-state index >= 15 is 0 Å². The normalized spacial score (nSPS) is 28.1. The quantitative estimate of drug-likeness (QED) is 0.831. The summed E-state index contributed by atoms with van der Waals surface area (Å²) in [5.41, 5.74) is 0. The summed E-state index contributed by atoms with van der Waals surface area (Å²) in [7, 11) is 0. The number of likely N-dealkylation sites (tertiary alicyclic amines) is 1. The average molecular weight is 324 g/mol.